The van der Waals surface area contributed by atoms with Crippen molar-refractivity contribution in [2.24, 2.45) is 5.92 Å². The Morgan fingerprint density at radius 3 is 2.56 bits per heavy atom. The molecule has 32 heavy (non-hydrogen) atoms. The van der Waals surface area contributed by atoms with Gasteiger partial charge in [0.2, 0.25) is 5.91 Å². The fraction of sp³-hybridized carbons (Fsp3) is 0.625. The highest BCUT2D eigenvalue weighted by molar-refractivity contribution is 5.73. The number of nitrogens with zero attached hydrogens (tertiary/aromatic N) is 5. The van der Waals surface area contributed by atoms with E-state index in [2.05, 4.69) is 19.9 Å². The average molecular weight is 439 g/mol. The Labute approximate surface area is 189 Å². The number of hydrogen-bond acceptors (Lipinski definition) is 5. The molecule has 2 fully saturated rings. The third-order valence-electron chi connectivity index (χ3n) is 7.62. The summed E-state index contributed by atoms with van der Waals surface area (Å²) in [5.41, 5.74) is 2.07. The van der Waals surface area contributed by atoms with Crippen LogP contribution in [0.3, 0.4) is 0 Å². The van der Waals surface area contributed by atoms with Gasteiger partial charge in [-0.15, -0.1) is 0 Å². The molecular formula is C24H34N6O2. The van der Waals surface area contributed by atoms with E-state index in [0.29, 0.717) is 17.8 Å². The van der Waals surface area contributed by atoms with Crippen LogP contribution in [0.25, 0.3) is 5.82 Å². The van der Waals surface area contributed by atoms with Gasteiger partial charge in [0.1, 0.15) is 0 Å². The molecule has 8 nitrogen and oxygen atoms in total. The molecule has 172 valence electrons. The number of hydrogen-bond donors (Lipinski definition) is 1. The molecule has 0 saturated carbocycles. The zero-order valence-corrected chi connectivity index (χ0v) is 19.0. The number of aryl methyl sites for hydroxylation is 1. The summed E-state index contributed by atoms with van der Waals surface area (Å²) in [7, 11) is 0. The average Bonchev–Trinajstić information content (AvgIpc) is 3.16. The van der Waals surface area contributed by atoms with Crippen LogP contribution >= 0.6 is 0 Å². The van der Waals surface area contributed by atoms with Crippen LogP contribution in [0.2, 0.25) is 0 Å². The fourth-order valence-electron chi connectivity index (χ4n) is 5.65. The molecular weight excluding hydrogens is 404 g/mol. The van der Waals surface area contributed by atoms with E-state index < -0.39 is 0 Å². The number of rotatable bonds is 4. The molecule has 2 aromatic heterocycles. The summed E-state index contributed by atoms with van der Waals surface area (Å²) >= 11 is 0. The third-order valence-corrected chi connectivity index (χ3v) is 7.62. The summed E-state index contributed by atoms with van der Waals surface area (Å²) in [5.74, 6) is 1.58. The molecule has 2 aliphatic heterocycles. The summed E-state index contributed by atoms with van der Waals surface area (Å²) in [5, 5.41) is 3.29. The van der Waals surface area contributed by atoms with Crippen LogP contribution in [0, 0.1) is 5.92 Å². The summed E-state index contributed by atoms with van der Waals surface area (Å²) in [6.07, 6.45) is 6.82. The van der Waals surface area contributed by atoms with Crippen LogP contribution in [0.15, 0.2) is 29.2 Å². The van der Waals surface area contributed by atoms with Crippen molar-refractivity contribution in [2.45, 2.75) is 45.1 Å². The lowest BCUT2D eigenvalue weighted by molar-refractivity contribution is -0.130. The monoisotopic (exact) mass is 438 g/mol. The van der Waals surface area contributed by atoms with E-state index in [1.165, 1.54) is 0 Å². The highest BCUT2D eigenvalue weighted by Gasteiger charge is 2.31. The second kappa shape index (κ2) is 9.19. The fourth-order valence-corrected chi connectivity index (χ4v) is 5.65. The number of nitrogens with one attached hydrogen (secondary N) is 1. The first-order valence-electron chi connectivity index (χ1n) is 12.0. The largest absolute Gasteiger partial charge is 0.343 e. The number of H-pyrrole nitrogens is 1. The topological polar surface area (TPSA) is 77.5 Å². The Kier molecular flexibility index (Phi) is 6.15. The molecule has 0 spiro atoms. The number of piperazine rings is 1. The van der Waals surface area contributed by atoms with Crippen LogP contribution < -0.4 is 5.56 Å². The molecule has 1 aliphatic carbocycles. The van der Waals surface area contributed by atoms with E-state index in [1.807, 2.05) is 23.1 Å². The lowest BCUT2D eigenvalue weighted by Gasteiger charge is -2.42. The van der Waals surface area contributed by atoms with E-state index in [1.54, 1.807) is 17.8 Å². The van der Waals surface area contributed by atoms with Gasteiger partial charge < -0.3 is 9.80 Å². The zero-order chi connectivity index (χ0) is 22.1. The lowest BCUT2D eigenvalue weighted by Crippen LogP contribution is -2.53. The molecule has 0 radical (unpaired) electrons. The number of likely N-dealkylation sites (tertiary alicyclic amines) is 1. The number of carbonyl (C=O) groups is 1. The highest BCUT2D eigenvalue weighted by atomic mass is 16.2. The molecule has 1 unspecified atom stereocenters. The molecule has 8 heteroatoms. The Bertz CT molecular complexity index is 984. The molecule has 0 aromatic carbocycles. The Hall–Kier alpha value is -2.45. The molecule has 0 bridgehead atoms. The molecule has 5 rings (SSSR count). The summed E-state index contributed by atoms with van der Waals surface area (Å²) in [4.78, 5) is 36.1. The van der Waals surface area contributed by atoms with Gasteiger partial charge in [-0.3, -0.25) is 19.6 Å². The van der Waals surface area contributed by atoms with Gasteiger partial charge >= 0.3 is 0 Å². The number of aromatic amines is 1. The minimum atomic E-state index is 0.0546. The van der Waals surface area contributed by atoms with Gasteiger partial charge in [0.05, 0.1) is 0 Å². The van der Waals surface area contributed by atoms with Crippen LogP contribution in [0.1, 0.15) is 37.4 Å². The Balaban J connectivity index is 1.15. The van der Waals surface area contributed by atoms with Crippen LogP contribution in [0.4, 0.5) is 0 Å². The third kappa shape index (κ3) is 4.38. The van der Waals surface area contributed by atoms with E-state index in [4.69, 9.17) is 0 Å². The smallest absolute Gasteiger partial charge is 0.276 e. The van der Waals surface area contributed by atoms with Crippen molar-refractivity contribution in [1.29, 1.82) is 0 Å². The van der Waals surface area contributed by atoms with E-state index in [0.717, 1.165) is 89.2 Å². The molecule has 1 atom stereocenters. The standard InChI is InChI=1S/C24H34N6O2/c1-18(31)28-10-7-19(8-11-28)17-27-12-14-29(15-13-27)20-5-6-22-21(16-20)24(32)30(26-22)23-4-2-3-9-25-23/h2-4,9,19-20,26H,5-8,10-17H2,1H3. The summed E-state index contributed by atoms with van der Waals surface area (Å²) in [6, 6.07) is 6.08. The van der Waals surface area contributed by atoms with Crippen molar-refractivity contribution in [3.8, 4) is 5.82 Å². The Morgan fingerprint density at radius 1 is 1.09 bits per heavy atom. The first-order valence-corrected chi connectivity index (χ1v) is 12.0. The van der Waals surface area contributed by atoms with E-state index in [-0.39, 0.29) is 11.5 Å². The first-order chi connectivity index (χ1) is 15.6. The maximum atomic E-state index is 13.0. The molecule has 4 heterocycles. The molecule has 1 N–H and O–H groups in total. The van der Waals surface area contributed by atoms with Crippen LogP contribution in [-0.2, 0) is 17.6 Å². The molecule has 2 aromatic rings. The highest BCUT2D eigenvalue weighted by Crippen LogP contribution is 2.24. The van der Waals surface area contributed by atoms with Gasteiger partial charge in [0.15, 0.2) is 5.82 Å². The molecule has 2 saturated heterocycles. The number of pyridine rings is 1. The minimum Gasteiger partial charge on any atom is -0.343 e. The number of piperidine rings is 1. The van der Waals surface area contributed by atoms with Crippen LogP contribution in [-0.4, -0.2) is 87.2 Å². The molecule has 1 amide bonds. The Morgan fingerprint density at radius 2 is 1.88 bits per heavy atom. The van der Waals surface area contributed by atoms with Crippen molar-refractivity contribution in [3.63, 3.8) is 0 Å². The quantitative estimate of drug-likeness (QED) is 0.779. The van der Waals surface area contributed by atoms with Crippen molar-refractivity contribution in [1.82, 2.24) is 29.5 Å². The lowest BCUT2D eigenvalue weighted by atomic mass is 9.91. The maximum Gasteiger partial charge on any atom is 0.276 e. The number of amides is 1. The number of fused-ring (bicyclic) bond motifs is 1. The minimum absolute atomic E-state index is 0.0546. The summed E-state index contributed by atoms with van der Waals surface area (Å²) in [6.45, 7) is 9.00. The van der Waals surface area contributed by atoms with Crippen molar-refractivity contribution < 1.29 is 4.79 Å². The van der Waals surface area contributed by atoms with Gasteiger partial charge in [-0.2, -0.15) is 0 Å². The maximum absolute atomic E-state index is 13.0. The predicted molar refractivity (Wildman–Crippen MR) is 123 cm³/mol. The van der Waals surface area contributed by atoms with Crippen molar-refractivity contribution in [3.05, 3.63) is 46.0 Å². The van der Waals surface area contributed by atoms with Crippen molar-refractivity contribution >= 4 is 5.91 Å². The van der Waals surface area contributed by atoms with Crippen LogP contribution in [0.5, 0.6) is 0 Å². The molecule has 3 aliphatic rings. The van der Waals surface area contributed by atoms with Crippen molar-refractivity contribution in [2.75, 3.05) is 45.8 Å². The normalized spacial score (nSPS) is 23.3. The predicted octanol–water partition coefficient (Wildman–Crippen LogP) is 1.29. The van der Waals surface area contributed by atoms with Gasteiger partial charge in [-0.25, -0.2) is 9.67 Å². The van der Waals surface area contributed by atoms with Gasteiger partial charge in [0.25, 0.3) is 5.56 Å². The van der Waals surface area contributed by atoms with Gasteiger partial charge in [-0.05, 0) is 50.2 Å². The zero-order valence-electron chi connectivity index (χ0n) is 19.0. The SMILES string of the molecule is CC(=O)N1CCC(CN2CCN(C3CCc4[nH]n(-c5ccccn5)c(=O)c4C3)CC2)CC1. The first kappa shape index (κ1) is 21.4. The number of carbonyl (C=O) groups excluding carboxylic acids is 1. The second-order valence-electron chi connectivity index (χ2n) is 9.58. The second-order valence-corrected chi connectivity index (χ2v) is 9.58. The van der Waals surface area contributed by atoms with E-state index >= 15 is 0 Å². The van der Waals surface area contributed by atoms with E-state index in [9.17, 15) is 9.59 Å². The van der Waals surface area contributed by atoms with Gasteiger partial charge in [0, 0.05) is 76.2 Å². The number of aromatic nitrogens is 3. The van der Waals surface area contributed by atoms with Gasteiger partial charge in [-0.1, -0.05) is 6.07 Å². The summed E-state index contributed by atoms with van der Waals surface area (Å²) < 4.78 is 1.60.